The van der Waals surface area contributed by atoms with Crippen molar-refractivity contribution in [2.75, 3.05) is 13.7 Å². The van der Waals surface area contributed by atoms with Gasteiger partial charge >= 0.3 is 0 Å². The van der Waals surface area contributed by atoms with E-state index in [-0.39, 0.29) is 11.0 Å². The standard InChI is InChI=1S/C24H38O3Si/c1-18(25)22-17-23(22)21-14-13-20(26-5)16-19(21)12-10-8-9-11-15-27-28(6,7)24(2,3)4/h8-9,13-14,16,22-23H,10-12,15,17H2,1-7H3/b9-8-/t22-,23-/m1/s1. The molecule has 1 aliphatic rings. The number of allylic oxidation sites excluding steroid dienone is 1. The van der Waals surface area contributed by atoms with Gasteiger partial charge in [0.05, 0.1) is 7.11 Å². The van der Waals surface area contributed by atoms with E-state index in [4.69, 9.17) is 9.16 Å². The molecule has 0 heterocycles. The van der Waals surface area contributed by atoms with Gasteiger partial charge in [0, 0.05) is 12.5 Å². The van der Waals surface area contributed by atoms with Crippen molar-refractivity contribution in [3.05, 3.63) is 41.5 Å². The molecule has 1 aromatic carbocycles. The van der Waals surface area contributed by atoms with Crippen LogP contribution in [-0.2, 0) is 15.6 Å². The molecule has 0 N–H and O–H groups in total. The van der Waals surface area contributed by atoms with Gasteiger partial charge in [-0.2, -0.15) is 0 Å². The normalized spacial score (nSPS) is 19.8. The fourth-order valence-corrected chi connectivity index (χ4v) is 4.41. The first-order valence-electron chi connectivity index (χ1n) is 10.5. The molecule has 0 amide bonds. The predicted molar refractivity (Wildman–Crippen MR) is 120 cm³/mol. The molecule has 0 radical (unpaired) electrons. The summed E-state index contributed by atoms with van der Waals surface area (Å²) in [6.45, 7) is 13.9. The minimum Gasteiger partial charge on any atom is -0.497 e. The van der Waals surface area contributed by atoms with Crippen LogP contribution in [0.5, 0.6) is 5.75 Å². The fourth-order valence-electron chi connectivity index (χ4n) is 3.35. The largest absolute Gasteiger partial charge is 0.497 e. The number of aryl methyl sites for hydroxylation is 1. The Morgan fingerprint density at radius 2 is 1.89 bits per heavy atom. The van der Waals surface area contributed by atoms with E-state index in [1.807, 2.05) is 6.07 Å². The number of Topliss-reactive ketones (excluding diaryl/α,β-unsaturated/α-hetero) is 1. The highest BCUT2D eigenvalue weighted by Crippen LogP contribution is 2.49. The van der Waals surface area contributed by atoms with Crippen molar-refractivity contribution in [1.29, 1.82) is 0 Å². The lowest BCUT2D eigenvalue weighted by molar-refractivity contribution is -0.118. The molecule has 4 heteroatoms. The zero-order valence-electron chi connectivity index (χ0n) is 18.8. The van der Waals surface area contributed by atoms with Crippen molar-refractivity contribution in [3.63, 3.8) is 0 Å². The van der Waals surface area contributed by atoms with E-state index < -0.39 is 8.32 Å². The number of rotatable bonds is 10. The molecule has 28 heavy (non-hydrogen) atoms. The van der Waals surface area contributed by atoms with Crippen LogP contribution < -0.4 is 4.74 Å². The van der Waals surface area contributed by atoms with Crippen LogP contribution in [0.1, 0.15) is 64.0 Å². The quantitative estimate of drug-likeness (QED) is 0.262. The van der Waals surface area contributed by atoms with E-state index in [1.165, 1.54) is 11.1 Å². The third-order valence-electron chi connectivity index (χ3n) is 6.36. The highest BCUT2D eigenvalue weighted by Gasteiger charge is 2.42. The Kier molecular flexibility index (Phi) is 7.69. The highest BCUT2D eigenvalue weighted by molar-refractivity contribution is 6.74. The van der Waals surface area contributed by atoms with E-state index in [1.54, 1.807) is 14.0 Å². The minimum absolute atomic E-state index is 0.218. The van der Waals surface area contributed by atoms with Gasteiger partial charge < -0.3 is 9.16 Å². The molecule has 0 bridgehead atoms. The van der Waals surface area contributed by atoms with Gasteiger partial charge in [0.25, 0.3) is 0 Å². The molecule has 2 rings (SSSR count). The number of ketones is 1. The Bertz CT molecular complexity index is 700. The Morgan fingerprint density at radius 3 is 2.46 bits per heavy atom. The first kappa shape index (κ1) is 22.9. The van der Waals surface area contributed by atoms with E-state index in [0.29, 0.717) is 11.7 Å². The summed E-state index contributed by atoms with van der Waals surface area (Å²) in [6.07, 6.45) is 8.43. The third kappa shape index (κ3) is 6.05. The van der Waals surface area contributed by atoms with Gasteiger partial charge in [-0.15, -0.1) is 0 Å². The van der Waals surface area contributed by atoms with Crippen LogP contribution in [0.4, 0.5) is 0 Å². The minimum atomic E-state index is -1.64. The zero-order chi connectivity index (χ0) is 20.9. The molecule has 1 aliphatic carbocycles. The molecule has 0 aliphatic heterocycles. The van der Waals surface area contributed by atoms with Crippen molar-refractivity contribution in [2.24, 2.45) is 5.92 Å². The van der Waals surface area contributed by atoms with E-state index >= 15 is 0 Å². The molecule has 1 aromatic rings. The number of carbonyl (C=O) groups excluding carboxylic acids is 1. The second-order valence-electron chi connectivity index (χ2n) is 9.53. The van der Waals surface area contributed by atoms with Gasteiger partial charge in [0.15, 0.2) is 8.32 Å². The van der Waals surface area contributed by atoms with Crippen LogP contribution in [0, 0.1) is 5.92 Å². The number of ether oxygens (including phenoxy) is 1. The zero-order valence-corrected chi connectivity index (χ0v) is 19.8. The van der Waals surface area contributed by atoms with Crippen LogP contribution in [0.15, 0.2) is 30.4 Å². The Labute approximate surface area is 172 Å². The molecule has 0 spiro atoms. The Morgan fingerprint density at radius 1 is 1.21 bits per heavy atom. The van der Waals surface area contributed by atoms with Gasteiger partial charge in [0.2, 0.25) is 0 Å². The lowest BCUT2D eigenvalue weighted by atomic mass is 9.97. The van der Waals surface area contributed by atoms with Gasteiger partial charge in [-0.1, -0.05) is 39.0 Å². The van der Waals surface area contributed by atoms with E-state index in [9.17, 15) is 4.79 Å². The predicted octanol–water partition coefficient (Wildman–Crippen LogP) is 6.29. The molecule has 0 aromatic heterocycles. The Balaban J connectivity index is 1.85. The van der Waals surface area contributed by atoms with Crippen molar-refractivity contribution < 1.29 is 14.0 Å². The van der Waals surface area contributed by atoms with E-state index in [2.05, 4.69) is 58.2 Å². The number of hydrogen-bond donors (Lipinski definition) is 0. The Hall–Kier alpha value is -1.39. The molecule has 1 saturated carbocycles. The average molecular weight is 403 g/mol. The SMILES string of the molecule is COc1ccc([C@H]2C[C@@H]2C(C)=O)c(CC/C=C\CCO[Si](C)(C)C(C)(C)C)c1. The summed E-state index contributed by atoms with van der Waals surface area (Å²) in [5.74, 6) is 1.83. The summed E-state index contributed by atoms with van der Waals surface area (Å²) < 4.78 is 11.6. The maximum absolute atomic E-state index is 11.7. The molecular weight excluding hydrogens is 364 g/mol. The van der Waals surface area contributed by atoms with Crippen LogP contribution in [0.2, 0.25) is 18.1 Å². The molecule has 2 atom stereocenters. The van der Waals surface area contributed by atoms with Crippen molar-refractivity contribution in [1.82, 2.24) is 0 Å². The smallest absolute Gasteiger partial charge is 0.191 e. The highest BCUT2D eigenvalue weighted by atomic mass is 28.4. The second kappa shape index (κ2) is 9.40. The number of benzene rings is 1. The lowest BCUT2D eigenvalue weighted by Gasteiger charge is -2.36. The fraction of sp³-hybridized carbons (Fsp3) is 0.625. The second-order valence-corrected chi connectivity index (χ2v) is 14.3. The molecule has 0 unspecified atom stereocenters. The first-order valence-corrected chi connectivity index (χ1v) is 13.4. The van der Waals surface area contributed by atoms with Crippen molar-refractivity contribution in [2.45, 2.75) is 77.4 Å². The number of hydrogen-bond acceptors (Lipinski definition) is 3. The third-order valence-corrected chi connectivity index (χ3v) is 10.9. The molecule has 0 saturated heterocycles. The maximum Gasteiger partial charge on any atom is 0.191 e. The van der Waals surface area contributed by atoms with Gasteiger partial charge in [-0.25, -0.2) is 0 Å². The van der Waals surface area contributed by atoms with Gasteiger partial charge in [0.1, 0.15) is 11.5 Å². The average Bonchev–Trinajstić information content (AvgIpc) is 3.40. The summed E-state index contributed by atoms with van der Waals surface area (Å²) in [4.78, 5) is 11.7. The van der Waals surface area contributed by atoms with Crippen LogP contribution in [-0.4, -0.2) is 27.8 Å². The van der Waals surface area contributed by atoms with Crippen LogP contribution in [0.25, 0.3) is 0 Å². The summed E-state index contributed by atoms with van der Waals surface area (Å²) in [6, 6.07) is 6.31. The topological polar surface area (TPSA) is 35.5 Å². The first-order chi connectivity index (χ1) is 13.1. The summed E-state index contributed by atoms with van der Waals surface area (Å²) in [5, 5.41) is 0.264. The molecule has 156 valence electrons. The van der Waals surface area contributed by atoms with Gasteiger partial charge in [-0.05, 0) is 79.9 Å². The summed E-state index contributed by atoms with van der Waals surface area (Å²) in [5.41, 5.74) is 2.64. The molecule has 3 nitrogen and oxygen atoms in total. The summed E-state index contributed by atoms with van der Waals surface area (Å²) in [7, 11) is 0.0640. The van der Waals surface area contributed by atoms with Gasteiger partial charge in [-0.3, -0.25) is 4.79 Å². The van der Waals surface area contributed by atoms with E-state index in [0.717, 1.165) is 38.0 Å². The monoisotopic (exact) mass is 402 g/mol. The molecule has 1 fully saturated rings. The maximum atomic E-state index is 11.7. The number of carbonyl (C=O) groups is 1. The number of methoxy groups -OCH3 is 1. The lowest BCUT2D eigenvalue weighted by Crippen LogP contribution is -2.40. The molecular formula is C24H38O3Si. The van der Waals surface area contributed by atoms with Crippen LogP contribution in [0.3, 0.4) is 0 Å². The van der Waals surface area contributed by atoms with Crippen LogP contribution >= 0.6 is 0 Å². The van der Waals surface area contributed by atoms with Crippen molar-refractivity contribution in [3.8, 4) is 5.75 Å². The van der Waals surface area contributed by atoms with Crippen molar-refractivity contribution >= 4 is 14.1 Å². The summed E-state index contributed by atoms with van der Waals surface area (Å²) >= 11 is 0.